The van der Waals surface area contributed by atoms with Crippen LogP contribution in [0.4, 0.5) is 11.5 Å². The van der Waals surface area contributed by atoms with Crippen LogP contribution in [0.1, 0.15) is 10.5 Å². The van der Waals surface area contributed by atoms with Crippen molar-refractivity contribution in [2.24, 2.45) is 5.73 Å². The van der Waals surface area contributed by atoms with Crippen molar-refractivity contribution in [3.8, 4) is 0 Å². The number of nitrogens with zero attached hydrogens (tertiary/aromatic N) is 4. The summed E-state index contributed by atoms with van der Waals surface area (Å²) in [6.45, 7) is 5.76. The van der Waals surface area contributed by atoms with E-state index in [2.05, 4.69) is 33.8 Å². The Balaban J connectivity index is 1.98. The van der Waals surface area contributed by atoms with Crippen LogP contribution in [-0.2, 0) is 0 Å². The zero-order chi connectivity index (χ0) is 15.4. The molecular weight excluding hydrogens is 268 g/mol. The molecule has 2 rings (SSSR count). The Morgan fingerprint density at radius 2 is 1.95 bits per heavy atom. The second-order valence-corrected chi connectivity index (χ2v) is 5.61. The van der Waals surface area contributed by atoms with Gasteiger partial charge < -0.3 is 21.3 Å². The summed E-state index contributed by atoms with van der Waals surface area (Å²) >= 11 is 0. The molecule has 1 aromatic rings. The highest BCUT2D eigenvalue weighted by atomic mass is 16.1. The van der Waals surface area contributed by atoms with Gasteiger partial charge in [0.1, 0.15) is 5.69 Å². The Labute approximate surface area is 125 Å². The van der Waals surface area contributed by atoms with Gasteiger partial charge in [0.2, 0.25) is 0 Å². The first-order valence-corrected chi connectivity index (χ1v) is 7.15. The summed E-state index contributed by atoms with van der Waals surface area (Å²) in [4.78, 5) is 22.3. The monoisotopic (exact) mass is 292 g/mol. The van der Waals surface area contributed by atoms with Crippen molar-refractivity contribution in [3.05, 3.63) is 17.8 Å². The second kappa shape index (κ2) is 6.73. The number of carbonyl (C=O) groups excluding carboxylic acids is 1. The molecule has 0 aliphatic carbocycles. The number of nitrogens with two attached hydrogens (primary N) is 2. The molecule has 0 unspecified atom stereocenters. The third-order valence-electron chi connectivity index (χ3n) is 3.69. The SMILES string of the molecule is CN(C)CCN1CCN(c2nc(C(N)=O)ccc2N)CC1. The molecule has 7 nitrogen and oxygen atoms in total. The molecule has 0 bridgehead atoms. The number of primary amides is 1. The smallest absolute Gasteiger partial charge is 0.267 e. The van der Waals surface area contributed by atoms with E-state index in [0.717, 1.165) is 39.3 Å². The second-order valence-electron chi connectivity index (χ2n) is 5.61. The Hall–Kier alpha value is -1.86. The van der Waals surface area contributed by atoms with Gasteiger partial charge in [-0.15, -0.1) is 0 Å². The van der Waals surface area contributed by atoms with Gasteiger partial charge in [-0.3, -0.25) is 9.69 Å². The maximum atomic E-state index is 11.2. The molecule has 1 aliphatic rings. The van der Waals surface area contributed by atoms with Crippen LogP contribution in [0.15, 0.2) is 12.1 Å². The normalized spacial score (nSPS) is 16.4. The molecule has 2 heterocycles. The summed E-state index contributed by atoms with van der Waals surface area (Å²) < 4.78 is 0. The van der Waals surface area contributed by atoms with E-state index in [1.165, 1.54) is 0 Å². The van der Waals surface area contributed by atoms with E-state index in [0.29, 0.717) is 11.5 Å². The molecule has 1 amide bonds. The zero-order valence-electron chi connectivity index (χ0n) is 12.7. The Kier molecular flexibility index (Phi) is 4.98. The van der Waals surface area contributed by atoms with Crippen molar-refractivity contribution in [2.75, 3.05) is 64.0 Å². The lowest BCUT2D eigenvalue weighted by Gasteiger charge is -2.36. The maximum absolute atomic E-state index is 11.2. The molecule has 0 spiro atoms. The van der Waals surface area contributed by atoms with Gasteiger partial charge in [-0.05, 0) is 26.2 Å². The van der Waals surface area contributed by atoms with E-state index in [-0.39, 0.29) is 5.69 Å². The molecule has 1 aliphatic heterocycles. The molecule has 7 heteroatoms. The van der Waals surface area contributed by atoms with E-state index in [1.807, 2.05) is 0 Å². The van der Waals surface area contributed by atoms with Gasteiger partial charge in [0.05, 0.1) is 5.69 Å². The molecule has 0 atom stereocenters. The standard InChI is InChI=1S/C14H24N6O/c1-18(2)5-6-19-7-9-20(10-8-19)14-11(15)3-4-12(17-14)13(16)21/h3-4H,5-10,15H2,1-2H3,(H2,16,21). The molecule has 21 heavy (non-hydrogen) atoms. The maximum Gasteiger partial charge on any atom is 0.267 e. The van der Waals surface area contributed by atoms with Crippen molar-refractivity contribution in [1.29, 1.82) is 0 Å². The van der Waals surface area contributed by atoms with Crippen LogP contribution < -0.4 is 16.4 Å². The highest BCUT2D eigenvalue weighted by Crippen LogP contribution is 2.22. The first-order chi connectivity index (χ1) is 9.97. The molecular formula is C14H24N6O. The first kappa shape index (κ1) is 15.5. The molecule has 0 radical (unpaired) electrons. The number of nitrogen functional groups attached to an aromatic ring is 1. The average Bonchev–Trinajstić information content (AvgIpc) is 2.46. The minimum absolute atomic E-state index is 0.259. The number of likely N-dealkylation sites (N-methyl/N-ethyl adjacent to an activating group) is 1. The fourth-order valence-electron chi connectivity index (χ4n) is 2.37. The number of hydrogen-bond acceptors (Lipinski definition) is 6. The molecule has 0 saturated carbocycles. The van der Waals surface area contributed by atoms with Gasteiger partial charge in [0.25, 0.3) is 5.91 Å². The van der Waals surface area contributed by atoms with Gasteiger partial charge >= 0.3 is 0 Å². The van der Waals surface area contributed by atoms with Crippen LogP contribution in [0.5, 0.6) is 0 Å². The number of rotatable bonds is 5. The first-order valence-electron chi connectivity index (χ1n) is 7.15. The lowest BCUT2D eigenvalue weighted by atomic mass is 10.2. The van der Waals surface area contributed by atoms with Gasteiger partial charge in [-0.1, -0.05) is 0 Å². The number of hydrogen-bond donors (Lipinski definition) is 2. The number of carbonyl (C=O) groups is 1. The summed E-state index contributed by atoms with van der Waals surface area (Å²) in [7, 11) is 4.16. The van der Waals surface area contributed by atoms with E-state index in [4.69, 9.17) is 11.5 Å². The summed E-state index contributed by atoms with van der Waals surface area (Å²) in [5, 5.41) is 0. The molecule has 0 aromatic carbocycles. The molecule has 116 valence electrons. The van der Waals surface area contributed by atoms with Crippen molar-refractivity contribution < 1.29 is 4.79 Å². The minimum Gasteiger partial charge on any atom is -0.396 e. The Bertz CT molecular complexity index is 496. The van der Waals surface area contributed by atoms with Gasteiger partial charge in [0.15, 0.2) is 5.82 Å². The summed E-state index contributed by atoms with van der Waals surface area (Å²) in [5.41, 5.74) is 12.1. The van der Waals surface area contributed by atoms with Crippen molar-refractivity contribution >= 4 is 17.4 Å². The van der Waals surface area contributed by atoms with Gasteiger partial charge in [-0.25, -0.2) is 4.98 Å². The molecule has 4 N–H and O–H groups in total. The Morgan fingerprint density at radius 1 is 1.29 bits per heavy atom. The van der Waals surface area contributed by atoms with Crippen molar-refractivity contribution in [1.82, 2.24) is 14.8 Å². The van der Waals surface area contributed by atoms with Crippen LogP contribution in [0.2, 0.25) is 0 Å². The largest absolute Gasteiger partial charge is 0.396 e. The lowest BCUT2D eigenvalue weighted by molar-refractivity contribution is 0.0995. The van der Waals surface area contributed by atoms with Crippen LogP contribution in [0, 0.1) is 0 Å². The molecule has 1 aromatic heterocycles. The fourth-order valence-corrected chi connectivity index (χ4v) is 2.37. The van der Waals surface area contributed by atoms with E-state index < -0.39 is 5.91 Å². The number of aromatic nitrogens is 1. The number of pyridine rings is 1. The van der Waals surface area contributed by atoms with Crippen LogP contribution in [0.3, 0.4) is 0 Å². The van der Waals surface area contributed by atoms with E-state index in [1.54, 1.807) is 12.1 Å². The lowest BCUT2D eigenvalue weighted by Crippen LogP contribution is -2.48. The predicted molar refractivity (Wildman–Crippen MR) is 84.4 cm³/mol. The number of piperazine rings is 1. The third kappa shape index (κ3) is 4.05. The molecule has 1 fully saturated rings. The Morgan fingerprint density at radius 3 is 2.52 bits per heavy atom. The number of amides is 1. The average molecular weight is 292 g/mol. The van der Waals surface area contributed by atoms with E-state index in [9.17, 15) is 4.79 Å². The van der Waals surface area contributed by atoms with Crippen LogP contribution in [0.25, 0.3) is 0 Å². The van der Waals surface area contributed by atoms with Gasteiger partial charge in [0, 0.05) is 39.3 Å². The highest BCUT2D eigenvalue weighted by molar-refractivity contribution is 5.91. The van der Waals surface area contributed by atoms with Crippen molar-refractivity contribution in [2.45, 2.75) is 0 Å². The zero-order valence-corrected chi connectivity index (χ0v) is 12.7. The van der Waals surface area contributed by atoms with Crippen LogP contribution >= 0.6 is 0 Å². The number of anilines is 2. The van der Waals surface area contributed by atoms with Crippen LogP contribution in [-0.4, -0.2) is 74.1 Å². The molecule has 1 saturated heterocycles. The summed E-state index contributed by atoms with van der Waals surface area (Å²) in [6.07, 6.45) is 0. The quantitative estimate of drug-likeness (QED) is 0.756. The topological polar surface area (TPSA) is 91.7 Å². The highest BCUT2D eigenvalue weighted by Gasteiger charge is 2.20. The van der Waals surface area contributed by atoms with Gasteiger partial charge in [-0.2, -0.15) is 0 Å². The van der Waals surface area contributed by atoms with E-state index >= 15 is 0 Å². The minimum atomic E-state index is -0.527. The third-order valence-corrected chi connectivity index (χ3v) is 3.69. The summed E-state index contributed by atoms with van der Waals surface area (Å²) in [6, 6.07) is 3.26. The fraction of sp³-hybridized carbons (Fsp3) is 0.571. The predicted octanol–water partition coefficient (Wildman–Crippen LogP) is -0.554. The van der Waals surface area contributed by atoms with Crippen molar-refractivity contribution in [3.63, 3.8) is 0 Å². The summed E-state index contributed by atoms with van der Waals surface area (Å²) in [5.74, 6) is 0.138.